The first-order valence-corrected chi connectivity index (χ1v) is 3.71. The minimum Gasteiger partial charge on any atom is -0.290 e. The lowest BCUT2D eigenvalue weighted by molar-refractivity contribution is 1.42. The molecule has 0 aliphatic heterocycles. The van der Waals surface area contributed by atoms with Crippen LogP contribution in [0.1, 0.15) is 0 Å². The van der Waals surface area contributed by atoms with Gasteiger partial charge < -0.3 is 0 Å². The highest BCUT2D eigenvalue weighted by atomic mass is 35.5. The Morgan fingerprint density at radius 1 is 1.08 bits per heavy atom. The molecule has 1 heterocycles. The Hall–Kier alpha value is -1.41. The van der Waals surface area contributed by atoms with Gasteiger partial charge in [0, 0.05) is 17.6 Å². The molecule has 0 bridgehead atoms. The molecule has 3 heteroatoms. The van der Waals surface area contributed by atoms with Gasteiger partial charge in [-0.05, 0) is 12.1 Å². The Kier molecular flexibility index (Phi) is 2.98. The van der Waals surface area contributed by atoms with Crippen molar-refractivity contribution in [1.29, 1.82) is 0 Å². The molecule has 0 atom stereocenters. The molecular weight excluding hydrogens is 186 g/mol. The summed E-state index contributed by atoms with van der Waals surface area (Å²) >= 11 is 0. The summed E-state index contributed by atoms with van der Waals surface area (Å²) in [5, 5.41) is 0.986. The molecule has 0 aliphatic carbocycles. The standard InChI is InChI=1S/C10H7NO.ClH/c12-9-5-1-3-8-4-2-6-11-10(8)7-9;/h1-7H;1H. The summed E-state index contributed by atoms with van der Waals surface area (Å²) in [4.78, 5) is 15.1. The third kappa shape index (κ3) is 2.04. The van der Waals surface area contributed by atoms with Crippen LogP contribution in [-0.4, -0.2) is 4.98 Å². The van der Waals surface area contributed by atoms with Crippen molar-refractivity contribution in [2.45, 2.75) is 0 Å². The molecule has 0 unspecified atom stereocenters. The maximum Gasteiger partial charge on any atom is 0.180 e. The zero-order valence-corrected chi connectivity index (χ0v) is 7.62. The molecule has 0 radical (unpaired) electrons. The van der Waals surface area contributed by atoms with Crippen LogP contribution in [0.25, 0.3) is 10.9 Å². The van der Waals surface area contributed by atoms with Gasteiger partial charge in [-0.3, -0.25) is 9.78 Å². The van der Waals surface area contributed by atoms with Crippen LogP contribution in [-0.2, 0) is 0 Å². The Labute approximate surface area is 81.7 Å². The van der Waals surface area contributed by atoms with Crippen LogP contribution in [0.5, 0.6) is 0 Å². The molecular formula is C10H8ClNO. The van der Waals surface area contributed by atoms with E-state index in [-0.39, 0.29) is 17.8 Å². The molecule has 0 N–H and O–H groups in total. The predicted molar refractivity (Wildman–Crippen MR) is 55.3 cm³/mol. The second kappa shape index (κ2) is 4.01. The second-order valence-electron chi connectivity index (χ2n) is 2.55. The van der Waals surface area contributed by atoms with Crippen molar-refractivity contribution in [3.63, 3.8) is 0 Å². The van der Waals surface area contributed by atoms with Crippen molar-refractivity contribution >= 4 is 23.3 Å². The first-order chi connectivity index (χ1) is 5.86. The van der Waals surface area contributed by atoms with Crippen LogP contribution in [0, 0.1) is 0 Å². The third-order valence-electron chi connectivity index (χ3n) is 1.69. The predicted octanol–water partition coefficient (Wildman–Crippen LogP) is 2.02. The zero-order valence-electron chi connectivity index (χ0n) is 6.81. The van der Waals surface area contributed by atoms with Gasteiger partial charge in [0.1, 0.15) is 0 Å². The monoisotopic (exact) mass is 193 g/mol. The van der Waals surface area contributed by atoms with E-state index in [0.717, 1.165) is 10.9 Å². The van der Waals surface area contributed by atoms with E-state index in [4.69, 9.17) is 0 Å². The average molecular weight is 194 g/mol. The van der Waals surface area contributed by atoms with Gasteiger partial charge in [-0.2, -0.15) is 0 Å². The molecule has 13 heavy (non-hydrogen) atoms. The first kappa shape index (κ1) is 9.68. The molecule has 1 aromatic heterocycles. The smallest absolute Gasteiger partial charge is 0.180 e. The molecule has 0 saturated carbocycles. The fourth-order valence-corrected chi connectivity index (χ4v) is 1.12. The topological polar surface area (TPSA) is 30.0 Å². The summed E-state index contributed by atoms with van der Waals surface area (Å²) in [5.74, 6) is 0. The van der Waals surface area contributed by atoms with Gasteiger partial charge in [-0.15, -0.1) is 12.4 Å². The lowest BCUT2D eigenvalue weighted by Crippen LogP contribution is -1.89. The van der Waals surface area contributed by atoms with Crippen molar-refractivity contribution in [2.75, 3.05) is 0 Å². The van der Waals surface area contributed by atoms with Gasteiger partial charge in [0.2, 0.25) is 0 Å². The van der Waals surface area contributed by atoms with Crippen molar-refractivity contribution in [3.8, 4) is 0 Å². The number of rotatable bonds is 0. The fourth-order valence-electron chi connectivity index (χ4n) is 1.12. The molecule has 0 aliphatic rings. The summed E-state index contributed by atoms with van der Waals surface area (Å²) in [6, 6.07) is 10.5. The van der Waals surface area contributed by atoms with Gasteiger partial charge in [0.15, 0.2) is 5.43 Å². The van der Waals surface area contributed by atoms with E-state index in [0.29, 0.717) is 0 Å². The number of hydrogen-bond acceptors (Lipinski definition) is 2. The Morgan fingerprint density at radius 2 is 1.85 bits per heavy atom. The Morgan fingerprint density at radius 3 is 2.69 bits per heavy atom. The van der Waals surface area contributed by atoms with Gasteiger partial charge >= 0.3 is 0 Å². The van der Waals surface area contributed by atoms with Crippen LogP contribution in [0.4, 0.5) is 0 Å². The summed E-state index contributed by atoms with van der Waals surface area (Å²) < 4.78 is 0. The zero-order chi connectivity index (χ0) is 8.39. The largest absolute Gasteiger partial charge is 0.290 e. The molecule has 0 amide bonds. The molecule has 66 valence electrons. The number of hydrogen-bond donors (Lipinski definition) is 0. The highest BCUT2D eigenvalue weighted by Crippen LogP contribution is 2.05. The highest BCUT2D eigenvalue weighted by molar-refractivity contribution is 5.85. The number of nitrogens with zero attached hydrogens (tertiary/aromatic N) is 1. The lowest BCUT2D eigenvalue weighted by atomic mass is 10.3. The van der Waals surface area contributed by atoms with Crippen molar-refractivity contribution in [2.24, 2.45) is 0 Å². The molecule has 2 nitrogen and oxygen atoms in total. The van der Waals surface area contributed by atoms with Crippen LogP contribution in [0.15, 0.2) is 47.4 Å². The Balaban J connectivity index is 0.000000845. The van der Waals surface area contributed by atoms with Crippen LogP contribution >= 0.6 is 12.4 Å². The van der Waals surface area contributed by atoms with Crippen molar-refractivity contribution in [3.05, 3.63) is 52.8 Å². The highest BCUT2D eigenvalue weighted by Gasteiger charge is 1.89. The SMILES string of the molecule is Cl.O=c1cccc2cccnc2c1. The van der Waals surface area contributed by atoms with Crippen LogP contribution < -0.4 is 5.43 Å². The summed E-state index contributed by atoms with van der Waals surface area (Å²) in [5.41, 5.74) is 0.733. The normalized spacial score (nSPS) is 9.23. The summed E-state index contributed by atoms with van der Waals surface area (Å²) in [6.45, 7) is 0. The van der Waals surface area contributed by atoms with E-state index in [1.165, 1.54) is 12.1 Å². The van der Waals surface area contributed by atoms with Gasteiger partial charge in [-0.1, -0.05) is 18.2 Å². The fraction of sp³-hybridized carbons (Fsp3) is 0. The maximum atomic E-state index is 11.0. The number of aromatic nitrogens is 1. The van der Waals surface area contributed by atoms with E-state index in [1.807, 2.05) is 18.2 Å². The van der Waals surface area contributed by atoms with E-state index in [1.54, 1.807) is 12.3 Å². The lowest BCUT2D eigenvalue weighted by Gasteiger charge is -1.86. The minimum atomic E-state index is -0.0105. The van der Waals surface area contributed by atoms with Gasteiger partial charge in [0.05, 0.1) is 5.52 Å². The number of pyridine rings is 1. The summed E-state index contributed by atoms with van der Waals surface area (Å²) in [6.07, 6.45) is 1.68. The molecule has 2 aromatic rings. The quantitative estimate of drug-likeness (QED) is 0.641. The third-order valence-corrected chi connectivity index (χ3v) is 1.69. The molecule has 0 spiro atoms. The molecule has 0 saturated heterocycles. The molecule has 1 aromatic carbocycles. The van der Waals surface area contributed by atoms with Gasteiger partial charge in [-0.25, -0.2) is 0 Å². The van der Waals surface area contributed by atoms with Crippen molar-refractivity contribution in [1.82, 2.24) is 4.98 Å². The maximum absolute atomic E-state index is 11.0. The van der Waals surface area contributed by atoms with E-state index >= 15 is 0 Å². The Bertz CT molecular complexity index is 470. The number of fused-ring (bicyclic) bond motifs is 1. The van der Waals surface area contributed by atoms with Crippen LogP contribution in [0.2, 0.25) is 0 Å². The van der Waals surface area contributed by atoms with Gasteiger partial charge in [0.25, 0.3) is 0 Å². The number of halogens is 1. The van der Waals surface area contributed by atoms with E-state index in [9.17, 15) is 4.79 Å². The minimum absolute atomic E-state index is 0. The van der Waals surface area contributed by atoms with Crippen LogP contribution in [0.3, 0.4) is 0 Å². The van der Waals surface area contributed by atoms with Crippen molar-refractivity contribution < 1.29 is 0 Å². The molecule has 2 rings (SSSR count). The summed E-state index contributed by atoms with van der Waals surface area (Å²) in [7, 11) is 0. The molecule has 0 fully saturated rings. The first-order valence-electron chi connectivity index (χ1n) is 3.71. The van der Waals surface area contributed by atoms with E-state index < -0.39 is 0 Å². The average Bonchev–Trinajstić information content (AvgIpc) is 2.25. The van der Waals surface area contributed by atoms with E-state index in [2.05, 4.69) is 4.98 Å². The second-order valence-corrected chi connectivity index (χ2v) is 2.55.